The molecule has 1 atom stereocenters. The average Bonchev–Trinajstić information content (AvgIpc) is 2.48. The van der Waals surface area contributed by atoms with Crippen LogP contribution in [0.3, 0.4) is 0 Å². The van der Waals surface area contributed by atoms with Crippen LogP contribution in [0.5, 0.6) is 5.75 Å². The van der Waals surface area contributed by atoms with E-state index in [-0.39, 0.29) is 6.04 Å². The molecule has 0 bridgehead atoms. The van der Waals surface area contributed by atoms with E-state index in [0.717, 1.165) is 21.8 Å². The molecule has 0 saturated carbocycles. The summed E-state index contributed by atoms with van der Waals surface area (Å²) in [6, 6.07) is 14.3. The Morgan fingerprint density at radius 3 is 2.57 bits per heavy atom. The fraction of sp³-hybridized carbons (Fsp3) is 0.294. The van der Waals surface area contributed by atoms with Gasteiger partial charge in [-0.05, 0) is 59.6 Å². The lowest BCUT2D eigenvalue weighted by Crippen LogP contribution is -2.31. The summed E-state index contributed by atoms with van der Waals surface area (Å²) in [5, 5.41) is 4.17. The molecule has 21 heavy (non-hydrogen) atoms. The predicted molar refractivity (Wildman–Crippen MR) is 92.1 cm³/mol. The maximum atomic E-state index is 5.98. The summed E-state index contributed by atoms with van der Waals surface area (Å²) in [6.07, 6.45) is 0. The Hall–Kier alpha value is -1.03. The molecule has 0 heterocycles. The van der Waals surface area contributed by atoms with Gasteiger partial charge in [0, 0.05) is 17.1 Å². The molecular weight excluding hydrogens is 350 g/mol. The van der Waals surface area contributed by atoms with Gasteiger partial charge in [-0.2, -0.15) is 0 Å². The molecule has 2 rings (SSSR count). The number of aryl methyl sites for hydroxylation is 1. The Labute approximate surface area is 139 Å². The number of halogens is 2. The van der Waals surface area contributed by atoms with E-state index in [9.17, 15) is 0 Å². The highest BCUT2D eigenvalue weighted by Crippen LogP contribution is 2.23. The van der Waals surface area contributed by atoms with Crippen LogP contribution < -0.4 is 10.1 Å². The standard InChI is InChI=1S/C17H19BrClNO/c1-12-3-6-15(7-4-12)21-11-13(2)20-10-14-5-8-17(19)16(18)9-14/h3-9,13,20H,10-11H2,1-2H3. The van der Waals surface area contributed by atoms with Crippen molar-refractivity contribution >= 4 is 27.5 Å². The van der Waals surface area contributed by atoms with Crippen LogP contribution in [-0.4, -0.2) is 12.6 Å². The second kappa shape index (κ2) is 7.83. The lowest BCUT2D eigenvalue weighted by Gasteiger charge is -2.15. The number of ether oxygens (including phenoxy) is 1. The maximum Gasteiger partial charge on any atom is 0.119 e. The van der Waals surface area contributed by atoms with Crippen molar-refractivity contribution in [2.75, 3.05) is 6.61 Å². The SMILES string of the molecule is Cc1ccc(OCC(C)NCc2ccc(Cl)c(Br)c2)cc1. The van der Waals surface area contributed by atoms with Crippen LogP contribution in [0.1, 0.15) is 18.1 Å². The van der Waals surface area contributed by atoms with Crippen molar-refractivity contribution in [2.45, 2.75) is 26.4 Å². The van der Waals surface area contributed by atoms with Crippen molar-refractivity contribution in [1.29, 1.82) is 0 Å². The zero-order valence-corrected chi connectivity index (χ0v) is 14.5. The van der Waals surface area contributed by atoms with Crippen molar-refractivity contribution in [3.63, 3.8) is 0 Å². The van der Waals surface area contributed by atoms with Crippen LogP contribution in [0.2, 0.25) is 5.02 Å². The summed E-state index contributed by atoms with van der Waals surface area (Å²) in [5.41, 5.74) is 2.43. The van der Waals surface area contributed by atoms with Crippen molar-refractivity contribution in [3.05, 3.63) is 63.1 Å². The molecule has 0 spiro atoms. The summed E-state index contributed by atoms with van der Waals surface area (Å²) in [7, 11) is 0. The van der Waals surface area contributed by atoms with Crippen LogP contribution >= 0.6 is 27.5 Å². The molecule has 0 saturated heterocycles. The number of benzene rings is 2. The molecule has 1 unspecified atom stereocenters. The highest BCUT2D eigenvalue weighted by Gasteiger charge is 2.04. The lowest BCUT2D eigenvalue weighted by molar-refractivity contribution is 0.272. The highest BCUT2D eigenvalue weighted by molar-refractivity contribution is 9.10. The van der Waals surface area contributed by atoms with Gasteiger partial charge >= 0.3 is 0 Å². The molecule has 2 aromatic rings. The van der Waals surface area contributed by atoms with Gasteiger partial charge in [0.2, 0.25) is 0 Å². The Kier molecular flexibility index (Phi) is 6.09. The average molecular weight is 369 g/mol. The van der Waals surface area contributed by atoms with Gasteiger partial charge in [-0.1, -0.05) is 35.4 Å². The Bertz CT molecular complexity index is 586. The van der Waals surface area contributed by atoms with Gasteiger partial charge in [0.05, 0.1) is 5.02 Å². The molecular formula is C17H19BrClNO. The summed E-state index contributed by atoms with van der Waals surface area (Å²) < 4.78 is 6.68. The monoisotopic (exact) mass is 367 g/mol. The third-order valence-corrected chi connectivity index (χ3v) is 4.37. The molecule has 2 aromatic carbocycles. The molecule has 0 fully saturated rings. The van der Waals surface area contributed by atoms with Gasteiger partial charge in [0.15, 0.2) is 0 Å². The first-order valence-corrected chi connectivity index (χ1v) is 8.08. The van der Waals surface area contributed by atoms with E-state index in [1.165, 1.54) is 11.1 Å². The highest BCUT2D eigenvalue weighted by atomic mass is 79.9. The topological polar surface area (TPSA) is 21.3 Å². The molecule has 1 N–H and O–H groups in total. The summed E-state index contributed by atoms with van der Waals surface area (Å²) >= 11 is 9.42. The minimum atomic E-state index is 0.265. The van der Waals surface area contributed by atoms with Gasteiger partial charge in [0.25, 0.3) is 0 Å². The largest absolute Gasteiger partial charge is 0.492 e. The Morgan fingerprint density at radius 2 is 1.90 bits per heavy atom. The number of hydrogen-bond acceptors (Lipinski definition) is 2. The number of rotatable bonds is 6. The normalized spacial score (nSPS) is 12.2. The first-order chi connectivity index (χ1) is 10.0. The van der Waals surface area contributed by atoms with E-state index in [2.05, 4.69) is 47.2 Å². The van der Waals surface area contributed by atoms with Crippen molar-refractivity contribution in [3.8, 4) is 5.75 Å². The molecule has 0 aliphatic heterocycles. The first kappa shape index (κ1) is 16.3. The smallest absolute Gasteiger partial charge is 0.119 e. The molecule has 2 nitrogen and oxygen atoms in total. The van der Waals surface area contributed by atoms with Crippen LogP contribution in [0.15, 0.2) is 46.9 Å². The summed E-state index contributed by atoms with van der Waals surface area (Å²) in [4.78, 5) is 0. The molecule has 4 heteroatoms. The molecule has 112 valence electrons. The number of hydrogen-bond donors (Lipinski definition) is 1. The van der Waals surface area contributed by atoms with Crippen LogP contribution in [-0.2, 0) is 6.54 Å². The van der Waals surface area contributed by atoms with E-state index in [0.29, 0.717) is 6.61 Å². The third-order valence-electron chi connectivity index (χ3n) is 3.16. The molecule has 0 aliphatic carbocycles. The Balaban J connectivity index is 1.77. The van der Waals surface area contributed by atoms with E-state index in [1.54, 1.807) is 0 Å². The number of nitrogens with one attached hydrogen (secondary N) is 1. The van der Waals surface area contributed by atoms with Crippen LogP contribution in [0.25, 0.3) is 0 Å². The zero-order chi connectivity index (χ0) is 15.2. The first-order valence-electron chi connectivity index (χ1n) is 6.91. The lowest BCUT2D eigenvalue weighted by atomic mass is 10.2. The van der Waals surface area contributed by atoms with Gasteiger partial charge in [-0.15, -0.1) is 0 Å². The van der Waals surface area contributed by atoms with Crippen molar-refractivity contribution in [1.82, 2.24) is 5.32 Å². The summed E-state index contributed by atoms with van der Waals surface area (Å²) in [6.45, 7) is 5.60. The maximum absolute atomic E-state index is 5.98. The third kappa shape index (κ3) is 5.34. The van der Waals surface area contributed by atoms with E-state index in [4.69, 9.17) is 16.3 Å². The van der Waals surface area contributed by atoms with Gasteiger partial charge in [0.1, 0.15) is 12.4 Å². The van der Waals surface area contributed by atoms with Crippen molar-refractivity contribution < 1.29 is 4.74 Å². The zero-order valence-electron chi connectivity index (χ0n) is 12.2. The molecule has 0 aromatic heterocycles. The van der Waals surface area contributed by atoms with E-state index >= 15 is 0 Å². The van der Waals surface area contributed by atoms with Gasteiger partial charge in [-0.25, -0.2) is 0 Å². The summed E-state index contributed by atoms with van der Waals surface area (Å²) in [5.74, 6) is 0.906. The second-order valence-corrected chi connectivity index (χ2v) is 6.42. The molecule has 0 amide bonds. The second-order valence-electron chi connectivity index (χ2n) is 5.15. The van der Waals surface area contributed by atoms with Crippen LogP contribution in [0, 0.1) is 6.92 Å². The van der Waals surface area contributed by atoms with Gasteiger partial charge < -0.3 is 10.1 Å². The minimum Gasteiger partial charge on any atom is -0.492 e. The van der Waals surface area contributed by atoms with E-state index < -0.39 is 0 Å². The predicted octanol–water partition coefficient (Wildman–Crippen LogP) is 4.97. The van der Waals surface area contributed by atoms with Crippen LogP contribution in [0.4, 0.5) is 0 Å². The van der Waals surface area contributed by atoms with Crippen molar-refractivity contribution in [2.24, 2.45) is 0 Å². The van der Waals surface area contributed by atoms with E-state index in [1.807, 2.05) is 30.3 Å². The minimum absolute atomic E-state index is 0.265. The quantitative estimate of drug-likeness (QED) is 0.777. The van der Waals surface area contributed by atoms with Gasteiger partial charge in [-0.3, -0.25) is 0 Å². The fourth-order valence-electron chi connectivity index (χ4n) is 1.86. The Morgan fingerprint density at radius 1 is 1.19 bits per heavy atom. The fourth-order valence-corrected chi connectivity index (χ4v) is 2.40. The molecule has 0 aliphatic rings. The molecule has 0 radical (unpaired) electrons.